The number of hydrogen-bond donors (Lipinski definition) is 0. The molecule has 0 N–H and O–H groups in total. The first-order valence-electron chi connectivity index (χ1n) is 5.45. The summed E-state index contributed by atoms with van der Waals surface area (Å²) in [6.07, 6.45) is 0.649. The molecule has 1 atom stereocenters. The van der Waals surface area contributed by atoms with Gasteiger partial charge < -0.3 is 9.64 Å². The van der Waals surface area contributed by atoms with E-state index in [1.807, 2.05) is 4.90 Å². The maximum absolute atomic E-state index is 11.4. The second-order valence-corrected chi connectivity index (χ2v) is 6.53. The van der Waals surface area contributed by atoms with Crippen molar-refractivity contribution < 1.29 is 17.9 Å². The second kappa shape index (κ2) is 5.63. The Balaban J connectivity index is 2.47. The summed E-state index contributed by atoms with van der Waals surface area (Å²) in [5, 5.41) is 0. The fraction of sp³-hybridized carbons (Fsp3) is 0.900. The Labute approximate surface area is 96.7 Å². The topological polar surface area (TPSA) is 63.7 Å². The Morgan fingerprint density at radius 1 is 1.38 bits per heavy atom. The average molecular weight is 249 g/mol. The third kappa shape index (κ3) is 4.09. The van der Waals surface area contributed by atoms with Crippen LogP contribution in [0.1, 0.15) is 13.3 Å². The number of nitrogens with zero attached hydrogens (tertiary/aromatic N) is 1. The zero-order valence-electron chi connectivity index (χ0n) is 9.81. The van der Waals surface area contributed by atoms with E-state index in [9.17, 15) is 13.2 Å². The van der Waals surface area contributed by atoms with Gasteiger partial charge >= 0.3 is 5.97 Å². The molecule has 6 heteroatoms. The van der Waals surface area contributed by atoms with Gasteiger partial charge in [0, 0.05) is 13.1 Å². The minimum Gasteiger partial charge on any atom is -0.469 e. The summed E-state index contributed by atoms with van der Waals surface area (Å²) in [4.78, 5) is 13.3. The summed E-state index contributed by atoms with van der Waals surface area (Å²) in [5.41, 5.74) is 0. The molecule has 1 aliphatic rings. The fourth-order valence-corrected chi connectivity index (χ4v) is 3.15. The van der Waals surface area contributed by atoms with Gasteiger partial charge in [-0.25, -0.2) is 8.42 Å². The van der Waals surface area contributed by atoms with Crippen LogP contribution in [-0.4, -0.2) is 57.5 Å². The molecule has 94 valence electrons. The normalized spacial score (nSPS) is 23.4. The zero-order chi connectivity index (χ0) is 12.2. The number of carbonyl (C=O) groups excluding carboxylic acids is 1. The molecule has 5 nitrogen and oxygen atoms in total. The van der Waals surface area contributed by atoms with Gasteiger partial charge in [0.15, 0.2) is 9.84 Å². The van der Waals surface area contributed by atoms with Crippen LogP contribution in [0.15, 0.2) is 0 Å². The summed E-state index contributed by atoms with van der Waals surface area (Å²) in [6, 6.07) is 0. The molecule has 0 aliphatic carbocycles. The van der Waals surface area contributed by atoms with Crippen molar-refractivity contribution in [1.29, 1.82) is 0 Å². The highest BCUT2D eigenvalue weighted by Crippen LogP contribution is 2.08. The van der Waals surface area contributed by atoms with E-state index in [1.54, 1.807) is 6.92 Å². The van der Waals surface area contributed by atoms with Crippen molar-refractivity contribution in [3.8, 4) is 0 Å². The Morgan fingerprint density at radius 3 is 2.69 bits per heavy atom. The number of esters is 1. The van der Waals surface area contributed by atoms with Gasteiger partial charge in [0.1, 0.15) is 0 Å². The lowest BCUT2D eigenvalue weighted by Gasteiger charge is -2.21. The third-order valence-electron chi connectivity index (χ3n) is 2.78. The van der Waals surface area contributed by atoms with Gasteiger partial charge in [-0.1, -0.05) is 6.92 Å². The van der Waals surface area contributed by atoms with Crippen LogP contribution in [0.25, 0.3) is 0 Å². The molecule has 1 rings (SSSR count). The van der Waals surface area contributed by atoms with E-state index in [1.165, 1.54) is 7.11 Å². The van der Waals surface area contributed by atoms with Crippen LogP contribution in [-0.2, 0) is 19.4 Å². The van der Waals surface area contributed by atoms with Gasteiger partial charge in [0.05, 0.1) is 24.5 Å². The van der Waals surface area contributed by atoms with Crippen molar-refractivity contribution in [3.05, 3.63) is 0 Å². The van der Waals surface area contributed by atoms with Crippen LogP contribution in [0.2, 0.25) is 0 Å². The van der Waals surface area contributed by atoms with Crippen LogP contribution in [0.3, 0.4) is 0 Å². The molecule has 0 spiro atoms. The van der Waals surface area contributed by atoms with Crippen LogP contribution < -0.4 is 0 Å². The Morgan fingerprint density at radius 2 is 2.06 bits per heavy atom. The van der Waals surface area contributed by atoms with E-state index in [0.717, 1.165) is 6.54 Å². The highest BCUT2D eigenvalue weighted by Gasteiger charge is 2.22. The predicted molar refractivity (Wildman–Crippen MR) is 60.9 cm³/mol. The lowest BCUT2D eigenvalue weighted by atomic mass is 10.1. The number of ether oxygens (including phenoxy) is 1. The van der Waals surface area contributed by atoms with E-state index in [0.29, 0.717) is 19.5 Å². The molecule has 0 aromatic heterocycles. The maximum atomic E-state index is 11.4. The molecule has 0 aromatic carbocycles. The van der Waals surface area contributed by atoms with Crippen LogP contribution in [0.4, 0.5) is 0 Å². The van der Waals surface area contributed by atoms with Gasteiger partial charge in [-0.2, -0.15) is 0 Å². The molecular weight excluding hydrogens is 230 g/mol. The second-order valence-electron chi connectivity index (χ2n) is 4.23. The summed E-state index contributed by atoms with van der Waals surface area (Å²) in [6.45, 7) is 3.62. The number of carbonyl (C=O) groups is 1. The molecular formula is C10H19NO4S. The Bertz CT molecular complexity index is 339. The van der Waals surface area contributed by atoms with E-state index in [2.05, 4.69) is 4.74 Å². The third-order valence-corrected chi connectivity index (χ3v) is 4.50. The van der Waals surface area contributed by atoms with Crippen LogP contribution in [0.5, 0.6) is 0 Å². The standard InChI is InChI=1S/C10H19NO4S/c1-9(10(12)15-2)8-11-4-3-6-16(13,14)7-5-11/h9H,3-8H2,1-2H3. The smallest absolute Gasteiger partial charge is 0.309 e. The molecule has 0 radical (unpaired) electrons. The molecule has 16 heavy (non-hydrogen) atoms. The lowest BCUT2D eigenvalue weighted by molar-refractivity contribution is -0.145. The number of rotatable bonds is 3. The van der Waals surface area contributed by atoms with Gasteiger partial charge in [-0.3, -0.25) is 4.79 Å². The molecule has 1 heterocycles. The first-order valence-corrected chi connectivity index (χ1v) is 7.27. The fourth-order valence-electron chi connectivity index (χ4n) is 1.84. The monoisotopic (exact) mass is 249 g/mol. The molecule has 1 fully saturated rings. The molecule has 0 aromatic rings. The molecule has 0 amide bonds. The SMILES string of the molecule is COC(=O)C(C)CN1CCCS(=O)(=O)CC1. The molecule has 1 unspecified atom stereocenters. The summed E-state index contributed by atoms with van der Waals surface area (Å²) >= 11 is 0. The van der Waals surface area contributed by atoms with Gasteiger partial charge in [-0.05, 0) is 13.0 Å². The Kier molecular flexibility index (Phi) is 4.73. The van der Waals surface area contributed by atoms with E-state index in [4.69, 9.17) is 0 Å². The summed E-state index contributed by atoms with van der Waals surface area (Å²) in [5.74, 6) is 0.00897. The molecule has 0 bridgehead atoms. The summed E-state index contributed by atoms with van der Waals surface area (Å²) < 4.78 is 27.4. The highest BCUT2D eigenvalue weighted by molar-refractivity contribution is 7.91. The number of hydrogen-bond acceptors (Lipinski definition) is 5. The maximum Gasteiger partial charge on any atom is 0.309 e. The van der Waals surface area contributed by atoms with Crippen molar-refractivity contribution in [1.82, 2.24) is 4.90 Å². The molecule has 1 aliphatic heterocycles. The van der Waals surface area contributed by atoms with Crippen molar-refractivity contribution in [3.63, 3.8) is 0 Å². The number of sulfone groups is 1. The lowest BCUT2D eigenvalue weighted by Crippen LogP contribution is -2.34. The molecule has 1 saturated heterocycles. The average Bonchev–Trinajstić information content (AvgIpc) is 2.39. The largest absolute Gasteiger partial charge is 0.469 e. The van der Waals surface area contributed by atoms with Gasteiger partial charge in [-0.15, -0.1) is 0 Å². The van der Waals surface area contributed by atoms with Crippen molar-refractivity contribution in [2.75, 3.05) is 38.2 Å². The van der Waals surface area contributed by atoms with Crippen molar-refractivity contribution in [2.45, 2.75) is 13.3 Å². The van der Waals surface area contributed by atoms with E-state index >= 15 is 0 Å². The van der Waals surface area contributed by atoms with E-state index in [-0.39, 0.29) is 23.4 Å². The van der Waals surface area contributed by atoms with Crippen molar-refractivity contribution in [2.24, 2.45) is 5.92 Å². The first kappa shape index (κ1) is 13.4. The zero-order valence-corrected chi connectivity index (χ0v) is 10.6. The minimum atomic E-state index is -2.87. The Hall–Kier alpha value is -0.620. The molecule has 0 saturated carbocycles. The predicted octanol–water partition coefficient (Wildman–Crippen LogP) is -0.0840. The van der Waals surface area contributed by atoms with Crippen LogP contribution >= 0.6 is 0 Å². The van der Waals surface area contributed by atoms with Crippen molar-refractivity contribution >= 4 is 15.8 Å². The minimum absolute atomic E-state index is 0.195. The number of methoxy groups -OCH3 is 1. The van der Waals surface area contributed by atoms with Gasteiger partial charge in [0.2, 0.25) is 0 Å². The highest BCUT2D eigenvalue weighted by atomic mass is 32.2. The summed E-state index contributed by atoms with van der Waals surface area (Å²) in [7, 11) is -1.50. The van der Waals surface area contributed by atoms with E-state index < -0.39 is 9.84 Å². The first-order chi connectivity index (χ1) is 7.44. The van der Waals surface area contributed by atoms with Gasteiger partial charge in [0.25, 0.3) is 0 Å². The van der Waals surface area contributed by atoms with Crippen LogP contribution in [0, 0.1) is 5.92 Å². The quantitative estimate of drug-likeness (QED) is 0.654.